The molecule has 0 atom stereocenters. The third-order valence-electron chi connectivity index (χ3n) is 2.68. The first-order valence-corrected chi connectivity index (χ1v) is 8.10. The fourth-order valence-corrected chi connectivity index (χ4v) is 2.59. The molecule has 0 bridgehead atoms. The molecule has 0 heterocycles. The van der Waals surface area contributed by atoms with Crippen LogP contribution in [0.15, 0.2) is 51.8 Å². The highest BCUT2D eigenvalue weighted by Crippen LogP contribution is 2.21. The van der Waals surface area contributed by atoms with E-state index < -0.39 is 15.9 Å². The van der Waals surface area contributed by atoms with Gasteiger partial charge >= 0.3 is 0 Å². The van der Waals surface area contributed by atoms with Crippen LogP contribution in [0.1, 0.15) is 10.4 Å². The Bertz CT molecular complexity index is 806. The Morgan fingerprint density at radius 1 is 1.14 bits per heavy atom. The molecule has 0 spiro atoms. The molecule has 0 radical (unpaired) electrons. The van der Waals surface area contributed by atoms with Gasteiger partial charge in [0.1, 0.15) is 0 Å². The molecule has 0 aliphatic rings. The summed E-state index contributed by atoms with van der Waals surface area (Å²) in [5, 5.41) is 7.62. The number of anilines is 2. The number of benzene rings is 2. The fourth-order valence-electron chi connectivity index (χ4n) is 1.67. The zero-order chi connectivity index (χ0) is 15.6. The molecule has 0 saturated heterocycles. The SMILES string of the molecule is Nc1ccc(Br)cc1C(=O)Nc1cccc(S(N)(=O)=O)c1. The number of sulfonamides is 1. The lowest BCUT2D eigenvalue weighted by Gasteiger charge is -2.09. The van der Waals surface area contributed by atoms with E-state index in [1.165, 1.54) is 18.2 Å². The van der Waals surface area contributed by atoms with E-state index in [0.29, 0.717) is 15.8 Å². The van der Waals surface area contributed by atoms with E-state index in [-0.39, 0.29) is 10.5 Å². The van der Waals surface area contributed by atoms with Crippen molar-refractivity contribution in [2.24, 2.45) is 5.14 Å². The molecule has 0 aliphatic carbocycles. The van der Waals surface area contributed by atoms with Crippen molar-refractivity contribution in [3.05, 3.63) is 52.5 Å². The van der Waals surface area contributed by atoms with Gasteiger partial charge in [-0.1, -0.05) is 22.0 Å². The summed E-state index contributed by atoms with van der Waals surface area (Å²) >= 11 is 3.26. The number of rotatable bonds is 3. The third kappa shape index (κ3) is 3.81. The van der Waals surface area contributed by atoms with Crippen LogP contribution in [0.2, 0.25) is 0 Å². The minimum atomic E-state index is -3.82. The topological polar surface area (TPSA) is 115 Å². The minimum Gasteiger partial charge on any atom is -0.398 e. The molecule has 8 heteroatoms. The first kappa shape index (κ1) is 15.5. The van der Waals surface area contributed by atoms with Gasteiger partial charge in [0.15, 0.2) is 0 Å². The maximum Gasteiger partial charge on any atom is 0.257 e. The number of carbonyl (C=O) groups is 1. The molecular formula is C13H12BrN3O3S. The molecule has 2 aromatic carbocycles. The second kappa shape index (κ2) is 5.84. The standard InChI is InChI=1S/C13H12BrN3O3S/c14-8-4-5-12(15)11(6-8)13(18)17-9-2-1-3-10(7-9)21(16,19)20/h1-7H,15H2,(H,17,18)(H2,16,19,20). The number of nitrogen functional groups attached to an aromatic ring is 1. The van der Waals surface area contributed by atoms with Crippen molar-refractivity contribution in [1.29, 1.82) is 0 Å². The van der Waals surface area contributed by atoms with Crippen LogP contribution in [-0.4, -0.2) is 14.3 Å². The van der Waals surface area contributed by atoms with E-state index in [1.54, 1.807) is 24.3 Å². The van der Waals surface area contributed by atoms with Crippen molar-refractivity contribution in [3.8, 4) is 0 Å². The van der Waals surface area contributed by atoms with Gasteiger partial charge in [-0.05, 0) is 36.4 Å². The maximum absolute atomic E-state index is 12.2. The molecule has 110 valence electrons. The predicted octanol–water partition coefficient (Wildman–Crippen LogP) is 1.93. The van der Waals surface area contributed by atoms with Gasteiger partial charge in [0.2, 0.25) is 10.0 Å². The summed E-state index contributed by atoms with van der Waals surface area (Å²) in [7, 11) is -3.82. The van der Waals surface area contributed by atoms with E-state index in [4.69, 9.17) is 10.9 Å². The lowest BCUT2D eigenvalue weighted by molar-refractivity contribution is 0.102. The summed E-state index contributed by atoms with van der Waals surface area (Å²) in [6.45, 7) is 0. The van der Waals surface area contributed by atoms with Gasteiger partial charge in [-0.15, -0.1) is 0 Å². The largest absolute Gasteiger partial charge is 0.398 e. The summed E-state index contributed by atoms with van der Waals surface area (Å²) in [5.74, 6) is -0.444. The monoisotopic (exact) mass is 369 g/mol. The summed E-state index contributed by atoms with van der Waals surface area (Å²) in [5.41, 5.74) is 6.66. The van der Waals surface area contributed by atoms with Crippen LogP contribution in [0.5, 0.6) is 0 Å². The molecule has 21 heavy (non-hydrogen) atoms. The number of hydrogen-bond acceptors (Lipinski definition) is 4. The molecule has 1 amide bonds. The number of halogens is 1. The summed E-state index contributed by atoms with van der Waals surface area (Å²) < 4.78 is 23.3. The van der Waals surface area contributed by atoms with Crippen LogP contribution in [0, 0.1) is 0 Å². The molecule has 0 fully saturated rings. The molecule has 0 aliphatic heterocycles. The van der Waals surface area contributed by atoms with Crippen molar-refractivity contribution >= 4 is 43.2 Å². The van der Waals surface area contributed by atoms with E-state index in [9.17, 15) is 13.2 Å². The predicted molar refractivity (Wildman–Crippen MR) is 84.3 cm³/mol. The summed E-state index contributed by atoms with van der Waals surface area (Å²) in [6.07, 6.45) is 0. The van der Waals surface area contributed by atoms with E-state index >= 15 is 0 Å². The van der Waals surface area contributed by atoms with E-state index in [1.807, 2.05) is 0 Å². The molecule has 5 N–H and O–H groups in total. The van der Waals surface area contributed by atoms with Gasteiger partial charge < -0.3 is 11.1 Å². The normalized spacial score (nSPS) is 11.1. The second-order valence-electron chi connectivity index (χ2n) is 4.26. The highest BCUT2D eigenvalue weighted by Gasteiger charge is 2.13. The van der Waals surface area contributed by atoms with Crippen molar-refractivity contribution < 1.29 is 13.2 Å². The Kier molecular flexibility index (Phi) is 4.31. The van der Waals surface area contributed by atoms with Crippen LogP contribution >= 0.6 is 15.9 Å². The Labute approximate surface area is 130 Å². The summed E-state index contributed by atoms with van der Waals surface area (Å²) in [4.78, 5) is 12.1. The van der Waals surface area contributed by atoms with Crippen LogP contribution in [-0.2, 0) is 10.0 Å². The molecule has 0 aromatic heterocycles. The van der Waals surface area contributed by atoms with E-state index in [2.05, 4.69) is 21.2 Å². The van der Waals surface area contributed by atoms with Crippen molar-refractivity contribution in [2.75, 3.05) is 11.1 Å². The van der Waals surface area contributed by atoms with Gasteiger partial charge in [-0.3, -0.25) is 4.79 Å². The van der Waals surface area contributed by atoms with Crippen molar-refractivity contribution in [1.82, 2.24) is 0 Å². The molecular weight excluding hydrogens is 358 g/mol. The fraction of sp³-hybridized carbons (Fsp3) is 0. The smallest absolute Gasteiger partial charge is 0.257 e. The zero-order valence-corrected chi connectivity index (χ0v) is 13.1. The third-order valence-corrected chi connectivity index (χ3v) is 4.08. The number of primary sulfonamides is 1. The summed E-state index contributed by atoms with van der Waals surface area (Å²) in [6, 6.07) is 10.6. The maximum atomic E-state index is 12.2. The van der Waals surface area contributed by atoms with Crippen LogP contribution < -0.4 is 16.2 Å². The van der Waals surface area contributed by atoms with Crippen LogP contribution in [0.3, 0.4) is 0 Å². The number of amides is 1. The molecule has 2 aromatic rings. The van der Waals surface area contributed by atoms with Gasteiger partial charge in [0.05, 0.1) is 10.5 Å². The van der Waals surface area contributed by atoms with Gasteiger partial charge in [0.25, 0.3) is 5.91 Å². The quantitative estimate of drug-likeness (QED) is 0.716. The molecule has 0 unspecified atom stereocenters. The van der Waals surface area contributed by atoms with Crippen LogP contribution in [0.25, 0.3) is 0 Å². The Morgan fingerprint density at radius 2 is 1.86 bits per heavy atom. The highest BCUT2D eigenvalue weighted by atomic mass is 79.9. The second-order valence-corrected chi connectivity index (χ2v) is 6.74. The minimum absolute atomic E-state index is 0.0810. The van der Waals surface area contributed by atoms with Gasteiger partial charge in [-0.25, -0.2) is 13.6 Å². The lowest BCUT2D eigenvalue weighted by Crippen LogP contribution is -2.16. The average Bonchev–Trinajstić information content (AvgIpc) is 2.41. The zero-order valence-electron chi connectivity index (χ0n) is 10.7. The van der Waals surface area contributed by atoms with Gasteiger partial charge in [0, 0.05) is 15.8 Å². The Hall–Kier alpha value is -1.90. The Balaban J connectivity index is 2.30. The average molecular weight is 370 g/mol. The highest BCUT2D eigenvalue weighted by molar-refractivity contribution is 9.10. The first-order valence-electron chi connectivity index (χ1n) is 5.76. The van der Waals surface area contributed by atoms with Crippen molar-refractivity contribution in [2.45, 2.75) is 4.90 Å². The first-order chi connectivity index (χ1) is 9.77. The number of nitrogens with two attached hydrogens (primary N) is 2. The van der Waals surface area contributed by atoms with Crippen molar-refractivity contribution in [3.63, 3.8) is 0 Å². The number of nitrogens with one attached hydrogen (secondary N) is 1. The number of carbonyl (C=O) groups excluding carboxylic acids is 1. The van der Waals surface area contributed by atoms with E-state index in [0.717, 1.165) is 0 Å². The van der Waals surface area contributed by atoms with Gasteiger partial charge in [-0.2, -0.15) is 0 Å². The Morgan fingerprint density at radius 3 is 2.52 bits per heavy atom. The molecule has 2 rings (SSSR count). The molecule has 6 nitrogen and oxygen atoms in total. The van der Waals surface area contributed by atoms with Crippen LogP contribution in [0.4, 0.5) is 11.4 Å². The lowest BCUT2D eigenvalue weighted by atomic mass is 10.1. The molecule has 0 saturated carbocycles. The number of hydrogen-bond donors (Lipinski definition) is 3.